The van der Waals surface area contributed by atoms with Gasteiger partial charge in [-0.05, 0) is 32.1 Å². The second-order valence-electron chi connectivity index (χ2n) is 6.58. The second-order valence-corrected chi connectivity index (χ2v) is 8.45. The maximum atomic E-state index is 10.2. The van der Waals surface area contributed by atoms with Crippen molar-refractivity contribution in [2.75, 3.05) is 6.61 Å². The van der Waals surface area contributed by atoms with Gasteiger partial charge in [0.15, 0.2) is 0 Å². The molecule has 0 saturated heterocycles. The Kier molecular flexibility index (Phi) is 42.9. The molecule has 0 aromatic rings. The summed E-state index contributed by atoms with van der Waals surface area (Å²) < 4.78 is 68.9. The van der Waals surface area contributed by atoms with Crippen LogP contribution in [0.3, 0.4) is 0 Å². The first-order valence-electron chi connectivity index (χ1n) is 9.98. The van der Waals surface area contributed by atoms with E-state index in [1.165, 1.54) is 57.8 Å². The molecule has 0 aliphatic carbocycles. The van der Waals surface area contributed by atoms with Crippen molar-refractivity contribution in [2.45, 2.75) is 96.8 Å². The maximum absolute atomic E-state index is 10.2. The van der Waals surface area contributed by atoms with Crippen molar-refractivity contribution in [3.05, 3.63) is 12.2 Å². The molecule has 0 fully saturated rings. The largest absolute Gasteiger partial charge is 1.00 e. The van der Waals surface area contributed by atoms with E-state index in [0.717, 1.165) is 25.7 Å². The fraction of sp³-hybridized carbons (Fsp3) is 0.889. The third kappa shape index (κ3) is 59.7. The monoisotopic (exact) mass is 512 g/mol. The van der Waals surface area contributed by atoms with E-state index >= 15 is 0 Å². The van der Waals surface area contributed by atoms with E-state index in [0.29, 0.717) is 6.42 Å². The van der Waals surface area contributed by atoms with Gasteiger partial charge in [0, 0.05) is 10.4 Å². The van der Waals surface area contributed by atoms with Crippen molar-refractivity contribution < 1.29 is 123 Å². The zero-order chi connectivity index (χ0) is 21.7. The van der Waals surface area contributed by atoms with Gasteiger partial charge in [-0.2, -0.15) is 0 Å². The molecule has 0 aliphatic rings. The van der Waals surface area contributed by atoms with Crippen LogP contribution in [0.1, 0.15) is 96.8 Å². The van der Waals surface area contributed by atoms with Crippen LogP contribution in [0.15, 0.2) is 12.2 Å². The third-order valence-corrected chi connectivity index (χ3v) is 4.34. The number of hydrogen-bond donors (Lipinski definition) is 0. The van der Waals surface area contributed by atoms with Gasteiger partial charge in [-0.15, -0.1) is 0 Å². The first-order valence-corrected chi connectivity index (χ1v) is 12.6. The van der Waals surface area contributed by atoms with Gasteiger partial charge in [-0.1, -0.05) is 76.9 Å². The Bertz CT molecular complexity index is 562. The minimum absolute atomic E-state index is 0. The summed E-state index contributed by atoms with van der Waals surface area (Å²) in [5.41, 5.74) is 0. The number of unbranched alkanes of at least 4 members (excludes halogenated alkanes) is 12. The number of rotatable bonds is 17. The summed E-state index contributed by atoms with van der Waals surface area (Å²) in [5, 5.41) is 0. The van der Waals surface area contributed by atoms with Crippen LogP contribution in [0.5, 0.6) is 0 Å². The van der Waals surface area contributed by atoms with Crippen molar-refractivity contribution in [1.29, 1.82) is 0 Å². The molecule has 0 atom stereocenters. The van der Waals surface area contributed by atoms with E-state index in [1.807, 2.05) is 0 Å². The molecule has 0 amide bonds. The zero-order valence-electron chi connectivity index (χ0n) is 19.8. The van der Waals surface area contributed by atoms with E-state index < -0.39 is 20.8 Å². The zero-order valence-corrected chi connectivity index (χ0v) is 27.5. The molecule has 0 saturated carbocycles. The fourth-order valence-electron chi connectivity index (χ4n) is 2.51. The molecule has 0 heterocycles. The van der Waals surface area contributed by atoms with Crippen molar-refractivity contribution in [2.24, 2.45) is 0 Å². The molecular weight excluding hydrogens is 477 g/mol. The molecule has 8 nitrogen and oxygen atoms in total. The Hall–Kier alpha value is 2.48. The molecule has 31 heavy (non-hydrogen) atoms. The summed E-state index contributed by atoms with van der Waals surface area (Å²) in [5.74, 6) is 0. The molecule has 0 radical (unpaired) electrons. The first kappa shape index (κ1) is 43.5. The van der Waals surface area contributed by atoms with Crippen molar-refractivity contribution >= 4 is 20.8 Å². The molecule has 0 unspecified atom stereocenters. The van der Waals surface area contributed by atoms with Gasteiger partial charge in [0.05, 0.1) is 6.61 Å². The number of allylic oxidation sites excluding steroid dienone is 2. The fourth-order valence-corrected chi connectivity index (χ4v) is 2.83. The molecule has 170 valence electrons. The van der Waals surface area contributed by atoms with Gasteiger partial charge in [0.2, 0.25) is 10.4 Å². The molecule has 0 bridgehead atoms. The van der Waals surface area contributed by atoms with Gasteiger partial charge < -0.3 is 13.7 Å². The SMILES string of the molecule is CCCCCCCC/C=C\CCCCCCCCOS(=O)(=O)[O-].O=S(=O)([O-])[O-].[Na+].[Na+].[Na+]. The predicted molar refractivity (Wildman–Crippen MR) is 106 cm³/mol. The predicted octanol–water partition coefficient (Wildman–Crippen LogP) is -4.83. The summed E-state index contributed by atoms with van der Waals surface area (Å²) in [6, 6.07) is 0. The quantitative estimate of drug-likeness (QED) is 0.0620. The minimum atomic E-state index is -5.17. The Balaban J connectivity index is -0.000000252. The van der Waals surface area contributed by atoms with E-state index in [1.54, 1.807) is 0 Å². The topological polar surface area (TPSA) is 147 Å². The first-order chi connectivity index (χ1) is 13.1. The molecular formula is C18H35Na3O8S2. The average Bonchev–Trinajstić information content (AvgIpc) is 2.55. The second kappa shape index (κ2) is 30.5. The van der Waals surface area contributed by atoms with Crippen LogP contribution < -0.4 is 88.7 Å². The van der Waals surface area contributed by atoms with Crippen LogP contribution in [0, 0.1) is 0 Å². The van der Waals surface area contributed by atoms with Crippen LogP contribution in [-0.4, -0.2) is 37.1 Å². The molecule has 0 spiro atoms. The molecule has 0 aromatic heterocycles. The van der Waals surface area contributed by atoms with E-state index in [-0.39, 0.29) is 95.3 Å². The summed E-state index contributed by atoms with van der Waals surface area (Å²) in [6.07, 6.45) is 21.4. The Labute approximate surface area is 256 Å². The summed E-state index contributed by atoms with van der Waals surface area (Å²) >= 11 is 0. The van der Waals surface area contributed by atoms with Crippen molar-refractivity contribution in [1.82, 2.24) is 0 Å². The standard InChI is InChI=1S/C18H36O4S.3Na.H2O4S/c1-2-3-4-5-6-7-8-9-10-11-12-13-14-15-16-17-18-22-23(19,20)21;;;;1-5(2,3)4/h9-10H,2-8,11-18H2,1H3,(H,19,20,21);;;;(H2,1,2,3,4)/q;3*+1;/p-3/b10-9-;;;;. The summed E-state index contributed by atoms with van der Waals surface area (Å²) in [7, 11) is -9.67. The molecule has 0 rings (SSSR count). The van der Waals surface area contributed by atoms with Gasteiger partial charge >= 0.3 is 88.7 Å². The van der Waals surface area contributed by atoms with E-state index in [4.69, 9.17) is 17.5 Å². The van der Waals surface area contributed by atoms with Crippen LogP contribution in [0.25, 0.3) is 0 Å². The minimum Gasteiger partial charge on any atom is -0.759 e. The van der Waals surface area contributed by atoms with Crippen LogP contribution in [0.4, 0.5) is 0 Å². The van der Waals surface area contributed by atoms with Gasteiger partial charge in [-0.3, -0.25) is 12.6 Å². The van der Waals surface area contributed by atoms with Crippen LogP contribution >= 0.6 is 0 Å². The Morgan fingerprint density at radius 3 is 1.29 bits per heavy atom. The number of hydrogen-bond acceptors (Lipinski definition) is 8. The Morgan fingerprint density at radius 2 is 0.935 bits per heavy atom. The van der Waals surface area contributed by atoms with Crippen LogP contribution in [-0.2, 0) is 25.0 Å². The molecule has 13 heteroatoms. The summed E-state index contributed by atoms with van der Waals surface area (Å²) in [4.78, 5) is 0. The molecule has 0 aliphatic heterocycles. The smallest absolute Gasteiger partial charge is 0.759 e. The van der Waals surface area contributed by atoms with Crippen LogP contribution in [0.2, 0.25) is 0 Å². The molecule has 0 aromatic carbocycles. The van der Waals surface area contributed by atoms with Crippen molar-refractivity contribution in [3.63, 3.8) is 0 Å². The summed E-state index contributed by atoms with van der Waals surface area (Å²) in [6.45, 7) is 2.27. The van der Waals surface area contributed by atoms with E-state index in [2.05, 4.69) is 23.3 Å². The van der Waals surface area contributed by atoms with Crippen molar-refractivity contribution in [3.8, 4) is 0 Å². The van der Waals surface area contributed by atoms with E-state index in [9.17, 15) is 13.0 Å². The van der Waals surface area contributed by atoms with Gasteiger partial charge in [0.1, 0.15) is 0 Å². The average molecular weight is 513 g/mol. The normalized spacial score (nSPS) is 11.0. The third-order valence-electron chi connectivity index (χ3n) is 3.88. The molecule has 0 N–H and O–H groups in total. The van der Waals surface area contributed by atoms with Gasteiger partial charge in [-0.25, -0.2) is 8.42 Å². The Morgan fingerprint density at radius 1 is 0.613 bits per heavy atom. The maximum Gasteiger partial charge on any atom is 1.00 e. The van der Waals surface area contributed by atoms with Gasteiger partial charge in [0.25, 0.3) is 0 Å².